The molecule has 1 aliphatic heterocycles. The van der Waals surface area contributed by atoms with Crippen molar-refractivity contribution in [2.24, 2.45) is 5.92 Å². The molecular weight excluding hydrogens is 220 g/mol. The predicted octanol–water partition coefficient (Wildman–Crippen LogP) is 0.872. The molecule has 0 aromatic heterocycles. The molecule has 1 aliphatic rings. The first-order valence-corrected chi connectivity index (χ1v) is 6.23. The zero-order valence-electron chi connectivity index (χ0n) is 11.0. The number of alkyl carbamates (subject to hydrolysis) is 1. The number of nitrogens with one attached hydrogen (secondary N) is 2. The summed E-state index contributed by atoms with van der Waals surface area (Å²) in [5, 5.41) is 15.1. The molecule has 17 heavy (non-hydrogen) atoms. The second-order valence-corrected chi connectivity index (χ2v) is 5.51. The number of hydrogen-bond acceptors (Lipinski definition) is 4. The molecule has 2 unspecified atom stereocenters. The third-order valence-corrected chi connectivity index (χ3v) is 2.87. The van der Waals surface area contributed by atoms with E-state index in [0.717, 1.165) is 19.4 Å². The molecule has 0 radical (unpaired) electrons. The van der Waals surface area contributed by atoms with E-state index in [9.17, 15) is 4.79 Å². The molecule has 2 atom stereocenters. The molecule has 100 valence electrons. The average Bonchev–Trinajstić information content (AvgIpc) is 2.62. The monoisotopic (exact) mass is 244 g/mol. The summed E-state index contributed by atoms with van der Waals surface area (Å²) in [7, 11) is 0. The lowest BCUT2D eigenvalue weighted by Gasteiger charge is -2.21. The molecule has 1 rings (SSSR count). The molecule has 0 aliphatic carbocycles. The lowest BCUT2D eigenvalue weighted by molar-refractivity contribution is 0.0524. The Labute approximate surface area is 103 Å². The fourth-order valence-corrected chi connectivity index (χ4v) is 2.05. The zero-order chi connectivity index (χ0) is 12.9. The molecule has 0 spiro atoms. The van der Waals surface area contributed by atoms with Crippen molar-refractivity contribution in [3.05, 3.63) is 0 Å². The highest BCUT2D eigenvalue weighted by molar-refractivity contribution is 5.67. The number of carbonyl (C=O) groups is 1. The van der Waals surface area contributed by atoms with Gasteiger partial charge < -0.3 is 20.5 Å². The Bertz CT molecular complexity index is 251. The van der Waals surface area contributed by atoms with Crippen LogP contribution in [0.4, 0.5) is 4.79 Å². The van der Waals surface area contributed by atoms with Gasteiger partial charge in [-0.25, -0.2) is 4.79 Å². The lowest BCUT2D eigenvalue weighted by Crippen LogP contribution is -2.35. The number of carbonyl (C=O) groups excluding carboxylic acids is 1. The smallest absolute Gasteiger partial charge is 0.407 e. The second kappa shape index (κ2) is 6.21. The minimum absolute atomic E-state index is 0.164. The van der Waals surface area contributed by atoms with Crippen LogP contribution in [0.3, 0.4) is 0 Å². The molecule has 3 N–H and O–H groups in total. The van der Waals surface area contributed by atoms with Gasteiger partial charge in [0.1, 0.15) is 5.60 Å². The summed E-state index contributed by atoms with van der Waals surface area (Å²) in [4.78, 5) is 11.4. The van der Waals surface area contributed by atoms with E-state index in [1.54, 1.807) is 0 Å². The van der Waals surface area contributed by atoms with Crippen LogP contribution in [0.5, 0.6) is 0 Å². The van der Waals surface area contributed by atoms with E-state index in [2.05, 4.69) is 10.6 Å². The number of aliphatic hydroxyl groups is 1. The highest BCUT2D eigenvalue weighted by atomic mass is 16.6. The van der Waals surface area contributed by atoms with Gasteiger partial charge in [0.05, 0.1) is 6.61 Å². The van der Waals surface area contributed by atoms with Crippen molar-refractivity contribution in [2.75, 3.05) is 19.7 Å². The van der Waals surface area contributed by atoms with Gasteiger partial charge in [-0.1, -0.05) is 0 Å². The van der Waals surface area contributed by atoms with Gasteiger partial charge in [0, 0.05) is 12.6 Å². The maximum absolute atomic E-state index is 11.4. The quantitative estimate of drug-likeness (QED) is 0.686. The summed E-state index contributed by atoms with van der Waals surface area (Å²) in [5.74, 6) is 0.440. The molecule has 0 bridgehead atoms. The van der Waals surface area contributed by atoms with Gasteiger partial charge in [0.15, 0.2) is 0 Å². The van der Waals surface area contributed by atoms with Crippen molar-refractivity contribution in [2.45, 2.75) is 45.3 Å². The van der Waals surface area contributed by atoms with Crippen LogP contribution in [0.25, 0.3) is 0 Å². The first kappa shape index (κ1) is 14.3. The third-order valence-electron chi connectivity index (χ3n) is 2.87. The van der Waals surface area contributed by atoms with Gasteiger partial charge >= 0.3 is 6.09 Å². The van der Waals surface area contributed by atoms with Crippen LogP contribution in [-0.2, 0) is 4.74 Å². The molecule has 0 aromatic carbocycles. The van der Waals surface area contributed by atoms with E-state index in [1.807, 2.05) is 20.8 Å². The van der Waals surface area contributed by atoms with Gasteiger partial charge in [-0.15, -0.1) is 0 Å². The molecular formula is C12H24N2O3. The van der Waals surface area contributed by atoms with Gasteiger partial charge in [-0.2, -0.15) is 0 Å². The summed E-state index contributed by atoms with van der Waals surface area (Å²) in [6.07, 6.45) is 1.56. The van der Waals surface area contributed by atoms with Crippen molar-refractivity contribution >= 4 is 6.09 Å². The summed E-state index contributed by atoms with van der Waals surface area (Å²) < 4.78 is 5.14. The Morgan fingerprint density at radius 3 is 2.82 bits per heavy atom. The van der Waals surface area contributed by atoms with E-state index < -0.39 is 5.60 Å². The first-order chi connectivity index (χ1) is 7.92. The Morgan fingerprint density at radius 2 is 2.24 bits per heavy atom. The van der Waals surface area contributed by atoms with Gasteiger partial charge in [-0.05, 0) is 46.1 Å². The Kier molecular flexibility index (Phi) is 5.21. The van der Waals surface area contributed by atoms with Crippen LogP contribution in [0.1, 0.15) is 33.6 Å². The van der Waals surface area contributed by atoms with E-state index >= 15 is 0 Å². The molecule has 1 heterocycles. The molecule has 0 aromatic rings. The summed E-state index contributed by atoms with van der Waals surface area (Å²) in [6, 6.07) is 0.176. The molecule has 5 heteroatoms. The van der Waals surface area contributed by atoms with E-state index in [-0.39, 0.29) is 18.7 Å². The standard InChI is InChI=1S/C12H24N2O3/c1-12(2,3)17-11(16)14-7-5-9-4-6-13-10(9)8-15/h9-10,13,15H,4-8H2,1-3H3,(H,14,16). The van der Waals surface area contributed by atoms with Crippen LogP contribution in [0, 0.1) is 5.92 Å². The van der Waals surface area contributed by atoms with Crippen LogP contribution in [0.15, 0.2) is 0 Å². The van der Waals surface area contributed by atoms with Crippen molar-refractivity contribution in [1.82, 2.24) is 10.6 Å². The van der Waals surface area contributed by atoms with E-state index in [1.165, 1.54) is 0 Å². The number of amides is 1. The summed E-state index contributed by atoms with van der Waals surface area (Å²) in [6.45, 7) is 7.23. The minimum Gasteiger partial charge on any atom is -0.444 e. The fraction of sp³-hybridized carbons (Fsp3) is 0.917. The topological polar surface area (TPSA) is 70.6 Å². The molecule has 5 nitrogen and oxygen atoms in total. The zero-order valence-corrected chi connectivity index (χ0v) is 11.0. The highest BCUT2D eigenvalue weighted by Crippen LogP contribution is 2.18. The van der Waals surface area contributed by atoms with Crippen LogP contribution in [0.2, 0.25) is 0 Å². The molecule has 0 saturated carbocycles. The van der Waals surface area contributed by atoms with Crippen molar-refractivity contribution < 1.29 is 14.6 Å². The highest BCUT2D eigenvalue weighted by Gasteiger charge is 2.25. The Balaban J connectivity index is 2.17. The SMILES string of the molecule is CC(C)(C)OC(=O)NCCC1CCNC1CO. The molecule has 1 amide bonds. The van der Waals surface area contributed by atoms with Crippen molar-refractivity contribution in [3.63, 3.8) is 0 Å². The van der Waals surface area contributed by atoms with Crippen molar-refractivity contribution in [3.8, 4) is 0 Å². The normalized spacial score (nSPS) is 24.7. The maximum atomic E-state index is 11.4. The number of ether oxygens (including phenoxy) is 1. The third kappa shape index (κ3) is 5.37. The van der Waals surface area contributed by atoms with Crippen LogP contribution < -0.4 is 10.6 Å². The maximum Gasteiger partial charge on any atom is 0.407 e. The number of rotatable bonds is 4. The van der Waals surface area contributed by atoms with Gasteiger partial charge in [0.2, 0.25) is 0 Å². The van der Waals surface area contributed by atoms with Gasteiger partial charge in [-0.3, -0.25) is 0 Å². The van der Waals surface area contributed by atoms with E-state index in [4.69, 9.17) is 9.84 Å². The predicted molar refractivity (Wildman–Crippen MR) is 65.8 cm³/mol. The second-order valence-electron chi connectivity index (χ2n) is 5.51. The van der Waals surface area contributed by atoms with Gasteiger partial charge in [0.25, 0.3) is 0 Å². The summed E-state index contributed by atoms with van der Waals surface area (Å²) >= 11 is 0. The molecule has 1 fully saturated rings. The van der Waals surface area contributed by atoms with E-state index in [0.29, 0.717) is 12.5 Å². The Morgan fingerprint density at radius 1 is 1.53 bits per heavy atom. The first-order valence-electron chi connectivity index (χ1n) is 6.23. The van der Waals surface area contributed by atoms with Crippen LogP contribution >= 0.6 is 0 Å². The Hall–Kier alpha value is -0.810. The van der Waals surface area contributed by atoms with Crippen molar-refractivity contribution in [1.29, 1.82) is 0 Å². The number of aliphatic hydroxyl groups excluding tert-OH is 1. The minimum atomic E-state index is -0.452. The average molecular weight is 244 g/mol. The number of hydrogen-bond donors (Lipinski definition) is 3. The largest absolute Gasteiger partial charge is 0.444 e. The summed E-state index contributed by atoms with van der Waals surface area (Å²) in [5.41, 5.74) is -0.452. The fourth-order valence-electron chi connectivity index (χ4n) is 2.05. The molecule has 1 saturated heterocycles. The lowest BCUT2D eigenvalue weighted by atomic mass is 9.97. The van der Waals surface area contributed by atoms with Crippen LogP contribution in [-0.4, -0.2) is 42.5 Å².